The lowest BCUT2D eigenvalue weighted by Gasteiger charge is -2.09. The number of hydrogen-bond donors (Lipinski definition) is 3. The highest BCUT2D eigenvalue weighted by Crippen LogP contribution is 2.30. The fourth-order valence-electron chi connectivity index (χ4n) is 0.932. The molecule has 0 heterocycles. The van der Waals surface area contributed by atoms with Crippen LogP contribution in [-0.2, 0) is 6.18 Å². The lowest BCUT2D eigenvalue weighted by molar-refractivity contribution is -0.137. The second-order valence-corrected chi connectivity index (χ2v) is 2.87. The average molecular weight is 236 g/mol. The Bertz CT molecular complexity index is 367. The van der Waals surface area contributed by atoms with Crippen LogP contribution in [0.25, 0.3) is 0 Å². The molecule has 3 nitrogen and oxygen atoms in total. The third-order valence-corrected chi connectivity index (χ3v) is 1.75. The molecule has 1 rings (SSSR count). The maximum atomic E-state index is 12.2. The zero-order valence-corrected chi connectivity index (χ0v) is 8.19. The maximum Gasteiger partial charge on any atom is 0.416 e. The van der Waals surface area contributed by atoms with Crippen molar-refractivity contribution in [2.45, 2.75) is 6.18 Å². The van der Waals surface area contributed by atoms with Gasteiger partial charge in [0.25, 0.3) is 0 Å². The maximum absolute atomic E-state index is 12.2. The summed E-state index contributed by atoms with van der Waals surface area (Å²) in [7, 11) is 0. The summed E-state index contributed by atoms with van der Waals surface area (Å²) >= 11 is 3.44. The number of benzene rings is 1. The van der Waals surface area contributed by atoms with E-state index in [9.17, 15) is 18.0 Å². The molecule has 0 aromatic heterocycles. The van der Waals surface area contributed by atoms with Crippen LogP contribution >= 0.6 is 12.8 Å². The van der Waals surface area contributed by atoms with Crippen LogP contribution in [0.4, 0.5) is 23.7 Å². The molecule has 0 aliphatic carbocycles. The minimum atomic E-state index is -4.42. The SMILES string of the molecule is O=C(NS)Nc1cccc(C(F)(F)F)c1. The number of hydrogen-bond acceptors (Lipinski definition) is 2. The van der Waals surface area contributed by atoms with E-state index >= 15 is 0 Å². The molecule has 0 bridgehead atoms. The number of halogens is 3. The van der Waals surface area contributed by atoms with Gasteiger partial charge in [0.15, 0.2) is 0 Å². The molecule has 0 spiro atoms. The van der Waals surface area contributed by atoms with Crippen molar-refractivity contribution in [1.29, 1.82) is 0 Å². The number of carbonyl (C=O) groups is 1. The normalized spacial score (nSPS) is 10.9. The van der Waals surface area contributed by atoms with Crippen molar-refractivity contribution < 1.29 is 18.0 Å². The highest BCUT2D eigenvalue weighted by molar-refractivity contribution is 7.78. The first-order valence-electron chi connectivity index (χ1n) is 3.82. The van der Waals surface area contributed by atoms with Crippen molar-refractivity contribution >= 4 is 24.5 Å². The van der Waals surface area contributed by atoms with Gasteiger partial charge in [0.1, 0.15) is 0 Å². The van der Waals surface area contributed by atoms with Gasteiger partial charge < -0.3 is 5.32 Å². The van der Waals surface area contributed by atoms with Crippen molar-refractivity contribution in [1.82, 2.24) is 4.72 Å². The fraction of sp³-hybridized carbons (Fsp3) is 0.125. The van der Waals surface area contributed by atoms with Crippen LogP contribution in [0.15, 0.2) is 24.3 Å². The van der Waals surface area contributed by atoms with Gasteiger partial charge in [0.05, 0.1) is 5.56 Å². The fourth-order valence-corrected chi connectivity index (χ4v) is 0.988. The first kappa shape index (κ1) is 11.7. The molecule has 0 unspecified atom stereocenters. The van der Waals surface area contributed by atoms with Crippen LogP contribution in [0.3, 0.4) is 0 Å². The first-order chi connectivity index (χ1) is 6.93. The van der Waals surface area contributed by atoms with Gasteiger partial charge in [0.2, 0.25) is 0 Å². The highest BCUT2D eigenvalue weighted by Gasteiger charge is 2.30. The molecule has 82 valence electrons. The van der Waals surface area contributed by atoms with Crippen LogP contribution in [-0.4, -0.2) is 6.03 Å². The molecular formula is C8H7F3N2OS. The third-order valence-electron chi connectivity index (χ3n) is 1.55. The predicted molar refractivity (Wildman–Crippen MR) is 52.6 cm³/mol. The monoisotopic (exact) mass is 236 g/mol. The number of alkyl halides is 3. The van der Waals surface area contributed by atoms with E-state index in [2.05, 4.69) is 18.1 Å². The first-order valence-corrected chi connectivity index (χ1v) is 4.26. The van der Waals surface area contributed by atoms with Crippen LogP contribution < -0.4 is 10.0 Å². The molecule has 1 aromatic carbocycles. The van der Waals surface area contributed by atoms with Gasteiger partial charge in [0, 0.05) is 5.69 Å². The summed E-state index contributed by atoms with van der Waals surface area (Å²) in [6, 6.07) is 3.61. The quantitative estimate of drug-likeness (QED) is 0.645. The molecule has 15 heavy (non-hydrogen) atoms. The van der Waals surface area contributed by atoms with E-state index in [0.29, 0.717) is 0 Å². The Hall–Kier alpha value is -1.37. The molecule has 2 N–H and O–H groups in total. The number of anilines is 1. The second kappa shape index (κ2) is 4.43. The molecule has 0 atom stereocenters. The molecule has 1 aromatic rings. The van der Waals surface area contributed by atoms with E-state index in [1.54, 1.807) is 0 Å². The largest absolute Gasteiger partial charge is 0.416 e. The Labute approximate surface area is 89.2 Å². The Morgan fingerprint density at radius 1 is 1.33 bits per heavy atom. The average Bonchev–Trinajstić information content (AvgIpc) is 2.17. The summed E-state index contributed by atoms with van der Waals surface area (Å²) in [6.07, 6.45) is -4.42. The molecule has 0 fully saturated rings. The minimum absolute atomic E-state index is 0.0522. The van der Waals surface area contributed by atoms with Gasteiger partial charge in [-0.1, -0.05) is 18.9 Å². The molecule has 0 aliphatic heterocycles. The summed E-state index contributed by atoms with van der Waals surface area (Å²) in [5.74, 6) is 0. The van der Waals surface area contributed by atoms with Crippen LogP contribution in [0.5, 0.6) is 0 Å². The molecule has 0 saturated carbocycles. The van der Waals surface area contributed by atoms with Gasteiger partial charge in [-0.2, -0.15) is 13.2 Å². The van der Waals surface area contributed by atoms with Gasteiger partial charge in [-0.25, -0.2) is 4.79 Å². The standard InChI is InChI=1S/C8H7F3N2OS/c9-8(10,11)5-2-1-3-6(4-5)12-7(14)13-15/h1-4,15H,(H2,12,13,14). The van der Waals surface area contributed by atoms with Gasteiger partial charge in [-0.15, -0.1) is 0 Å². The van der Waals surface area contributed by atoms with E-state index < -0.39 is 17.8 Å². The zero-order chi connectivity index (χ0) is 11.5. The van der Waals surface area contributed by atoms with E-state index in [1.165, 1.54) is 12.1 Å². The smallest absolute Gasteiger partial charge is 0.307 e. The second-order valence-electron chi connectivity index (χ2n) is 2.64. The van der Waals surface area contributed by atoms with Crippen molar-refractivity contribution in [3.05, 3.63) is 29.8 Å². The van der Waals surface area contributed by atoms with Gasteiger partial charge >= 0.3 is 12.2 Å². The number of rotatable bonds is 1. The molecular weight excluding hydrogens is 229 g/mol. The number of amides is 2. The van der Waals surface area contributed by atoms with Crippen molar-refractivity contribution in [3.63, 3.8) is 0 Å². The van der Waals surface area contributed by atoms with Crippen molar-refractivity contribution in [2.24, 2.45) is 0 Å². The highest BCUT2D eigenvalue weighted by atomic mass is 32.1. The summed E-state index contributed by atoms with van der Waals surface area (Å²) in [5, 5.41) is 2.18. The van der Waals surface area contributed by atoms with E-state index in [1.807, 2.05) is 4.72 Å². The van der Waals surface area contributed by atoms with Crippen LogP contribution in [0, 0.1) is 0 Å². The van der Waals surface area contributed by atoms with Gasteiger partial charge in [-0.05, 0) is 18.2 Å². The molecule has 7 heteroatoms. The number of carbonyl (C=O) groups excluding carboxylic acids is 1. The number of urea groups is 1. The Balaban J connectivity index is 2.88. The van der Waals surface area contributed by atoms with Crippen LogP contribution in [0.1, 0.15) is 5.56 Å². The van der Waals surface area contributed by atoms with Crippen molar-refractivity contribution in [2.75, 3.05) is 5.32 Å². The molecule has 2 amide bonds. The number of thiol groups is 1. The summed E-state index contributed by atoms with van der Waals surface area (Å²) in [6.45, 7) is 0. The lowest BCUT2D eigenvalue weighted by atomic mass is 10.2. The molecule has 0 aliphatic rings. The van der Waals surface area contributed by atoms with Gasteiger partial charge in [-0.3, -0.25) is 4.72 Å². The van der Waals surface area contributed by atoms with E-state index in [4.69, 9.17) is 0 Å². The number of nitrogens with one attached hydrogen (secondary N) is 2. The third kappa shape index (κ3) is 3.35. The molecule has 0 saturated heterocycles. The Kier molecular flexibility index (Phi) is 3.46. The summed E-state index contributed by atoms with van der Waals surface area (Å²) in [5.41, 5.74) is -0.768. The summed E-state index contributed by atoms with van der Waals surface area (Å²) in [4.78, 5) is 10.8. The zero-order valence-electron chi connectivity index (χ0n) is 7.30. The van der Waals surface area contributed by atoms with Crippen molar-refractivity contribution in [3.8, 4) is 0 Å². The van der Waals surface area contributed by atoms with Crippen LogP contribution in [0.2, 0.25) is 0 Å². The summed E-state index contributed by atoms with van der Waals surface area (Å²) < 4.78 is 38.7. The van der Waals surface area contributed by atoms with E-state index in [0.717, 1.165) is 12.1 Å². The Morgan fingerprint density at radius 3 is 2.53 bits per heavy atom. The van der Waals surface area contributed by atoms with E-state index in [-0.39, 0.29) is 5.69 Å². The topological polar surface area (TPSA) is 41.1 Å². The Morgan fingerprint density at radius 2 is 2.00 bits per heavy atom. The predicted octanol–water partition coefficient (Wildman–Crippen LogP) is 2.67. The minimum Gasteiger partial charge on any atom is -0.307 e. The molecule has 0 radical (unpaired) electrons. The lowest BCUT2D eigenvalue weighted by Crippen LogP contribution is -2.20.